The first-order valence-electron chi connectivity index (χ1n) is 10.4. The highest BCUT2D eigenvalue weighted by molar-refractivity contribution is 6.15. The number of benzene rings is 2. The molecule has 0 saturated heterocycles. The number of aromatic hydroxyl groups is 1. The van der Waals surface area contributed by atoms with Crippen LogP contribution in [0.3, 0.4) is 0 Å². The van der Waals surface area contributed by atoms with E-state index in [-0.39, 0.29) is 29.4 Å². The van der Waals surface area contributed by atoms with Gasteiger partial charge in [-0.1, -0.05) is 24.3 Å². The number of hydrogen-bond donors (Lipinski definition) is 2. The van der Waals surface area contributed by atoms with Gasteiger partial charge in [0.15, 0.2) is 23.0 Å². The number of nitrogens with zero attached hydrogens (tertiary/aromatic N) is 1. The van der Waals surface area contributed by atoms with Crippen LogP contribution in [0.2, 0.25) is 0 Å². The number of ether oxygens (including phenoxy) is 2. The molecule has 2 heterocycles. The largest absolute Gasteiger partial charge is 0.504 e. The van der Waals surface area contributed by atoms with E-state index in [9.17, 15) is 19.8 Å². The lowest BCUT2D eigenvalue weighted by Crippen LogP contribution is -2.31. The average Bonchev–Trinajstić information content (AvgIpc) is 3.44. The number of hydrogen-bond acceptors (Lipinski definition) is 7. The molecule has 2 aromatic carbocycles. The average molecular weight is 449 g/mol. The first kappa shape index (κ1) is 22.0. The zero-order valence-electron chi connectivity index (χ0n) is 18.1. The van der Waals surface area contributed by atoms with Crippen LogP contribution in [0.25, 0.3) is 0 Å². The Morgan fingerprint density at radius 2 is 1.88 bits per heavy atom. The molecule has 8 heteroatoms. The number of Topliss-reactive ketones (excluding diaryl/α,β-unsaturated/α-hetero) is 1. The minimum absolute atomic E-state index is 0.00250. The Balaban J connectivity index is 1.83. The van der Waals surface area contributed by atoms with E-state index in [1.165, 1.54) is 30.4 Å². The Morgan fingerprint density at radius 1 is 1.09 bits per heavy atom. The molecule has 4 rings (SSSR count). The van der Waals surface area contributed by atoms with E-state index >= 15 is 0 Å². The minimum atomic E-state index is -0.945. The Hall–Kier alpha value is -4.20. The van der Waals surface area contributed by atoms with Gasteiger partial charge >= 0.3 is 0 Å². The molecule has 1 aromatic heterocycles. The van der Waals surface area contributed by atoms with Gasteiger partial charge in [0.2, 0.25) is 5.78 Å². The Labute approximate surface area is 190 Å². The topological polar surface area (TPSA) is 109 Å². The fraction of sp³-hybridized carbons (Fsp3) is 0.200. The van der Waals surface area contributed by atoms with Crippen LogP contribution in [-0.4, -0.2) is 40.5 Å². The molecule has 0 radical (unpaired) electrons. The van der Waals surface area contributed by atoms with Crippen molar-refractivity contribution in [1.29, 1.82) is 0 Å². The number of phenolic OH excluding ortho intramolecular Hbond substituents is 1. The summed E-state index contributed by atoms with van der Waals surface area (Å²) in [6.45, 7) is 2.15. The SMILES string of the molecule is CCOc1cc(C2C(C(=O)c3ccco3)=C(O)C(=O)N2Cc2ccccc2OC)ccc1O. The lowest BCUT2D eigenvalue weighted by atomic mass is 9.94. The molecule has 0 aliphatic carbocycles. The number of aliphatic hydroxyl groups excluding tert-OH is 1. The van der Waals surface area contributed by atoms with Crippen LogP contribution >= 0.6 is 0 Å². The van der Waals surface area contributed by atoms with Gasteiger partial charge in [-0.05, 0) is 42.8 Å². The Kier molecular flexibility index (Phi) is 6.08. The van der Waals surface area contributed by atoms with Crippen molar-refractivity contribution in [2.75, 3.05) is 13.7 Å². The lowest BCUT2D eigenvalue weighted by molar-refractivity contribution is -0.130. The van der Waals surface area contributed by atoms with Crippen LogP contribution in [0.15, 0.2) is 76.6 Å². The van der Waals surface area contributed by atoms with E-state index in [0.29, 0.717) is 23.5 Å². The smallest absolute Gasteiger partial charge is 0.290 e. The minimum Gasteiger partial charge on any atom is -0.504 e. The summed E-state index contributed by atoms with van der Waals surface area (Å²) in [7, 11) is 1.53. The van der Waals surface area contributed by atoms with Crippen LogP contribution in [-0.2, 0) is 11.3 Å². The first-order valence-corrected chi connectivity index (χ1v) is 10.4. The van der Waals surface area contributed by atoms with Crippen LogP contribution in [0.5, 0.6) is 17.2 Å². The van der Waals surface area contributed by atoms with Gasteiger partial charge in [0.25, 0.3) is 5.91 Å². The summed E-state index contributed by atoms with van der Waals surface area (Å²) in [5, 5.41) is 20.9. The molecule has 0 bridgehead atoms. The predicted octanol–water partition coefficient (Wildman–Crippen LogP) is 4.17. The van der Waals surface area contributed by atoms with E-state index in [4.69, 9.17) is 13.9 Å². The fourth-order valence-corrected chi connectivity index (χ4v) is 3.92. The fourth-order valence-electron chi connectivity index (χ4n) is 3.92. The van der Waals surface area contributed by atoms with Gasteiger partial charge in [0.05, 0.1) is 38.1 Å². The highest BCUT2D eigenvalue weighted by Crippen LogP contribution is 2.42. The van der Waals surface area contributed by atoms with Crippen molar-refractivity contribution in [3.63, 3.8) is 0 Å². The summed E-state index contributed by atoms with van der Waals surface area (Å²) in [5.74, 6) is -1.27. The molecule has 0 spiro atoms. The van der Waals surface area contributed by atoms with Crippen molar-refractivity contribution in [1.82, 2.24) is 4.90 Å². The van der Waals surface area contributed by atoms with E-state index in [1.807, 2.05) is 12.1 Å². The third-order valence-electron chi connectivity index (χ3n) is 5.43. The molecule has 1 atom stereocenters. The predicted molar refractivity (Wildman–Crippen MR) is 118 cm³/mol. The van der Waals surface area contributed by atoms with E-state index in [2.05, 4.69) is 0 Å². The maximum atomic E-state index is 13.3. The van der Waals surface area contributed by atoms with Crippen LogP contribution in [0, 0.1) is 0 Å². The van der Waals surface area contributed by atoms with Crippen molar-refractivity contribution in [2.45, 2.75) is 19.5 Å². The lowest BCUT2D eigenvalue weighted by Gasteiger charge is -2.27. The van der Waals surface area contributed by atoms with Crippen LogP contribution in [0.4, 0.5) is 0 Å². The number of phenols is 1. The molecule has 1 unspecified atom stereocenters. The van der Waals surface area contributed by atoms with Crippen molar-refractivity contribution < 1.29 is 33.7 Å². The van der Waals surface area contributed by atoms with Crippen LogP contribution in [0.1, 0.15) is 34.6 Å². The monoisotopic (exact) mass is 449 g/mol. The van der Waals surface area contributed by atoms with Crippen molar-refractivity contribution in [3.05, 3.63) is 89.1 Å². The summed E-state index contributed by atoms with van der Waals surface area (Å²) in [5.41, 5.74) is 1.07. The Morgan fingerprint density at radius 3 is 2.58 bits per heavy atom. The van der Waals surface area contributed by atoms with Crippen molar-refractivity contribution in [2.24, 2.45) is 0 Å². The number of rotatable bonds is 8. The summed E-state index contributed by atoms with van der Waals surface area (Å²) in [6, 6.07) is 13.8. The summed E-state index contributed by atoms with van der Waals surface area (Å²) in [6.07, 6.45) is 1.34. The maximum Gasteiger partial charge on any atom is 0.290 e. The number of carbonyl (C=O) groups is 2. The van der Waals surface area contributed by atoms with Gasteiger partial charge in [0, 0.05) is 5.56 Å². The van der Waals surface area contributed by atoms with Gasteiger partial charge in [-0.3, -0.25) is 9.59 Å². The number of carbonyl (C=O) groups excluding carboxylic acids is 2. The molecule has 2 N–H and O–H groups in total. The van der Waals surface area contributed by atoms with E-state index in [0.717, 1.165) is 0 Å². The zero-order chi connectivity index (χ0) is 23.5. The van der Waals surface area contributed by atoms with Gasteiger partial charge in [-0.2, -0.15) is 0 Å². The second-order valence-corrected chi connectivity index (χ2v) is 7.38. The molecule has 8 nitrogen and oxygen atoms in total. The molecule has 0 saturated carbocycles. The van der Waals surface area contributed by atoms with Gasteiger partial charge in [0.1, 0.15) is 5.75 Å². The van der Waals surface area contributed by atoms with E-state index in [1.54, 1.807) is 37.3 Å². The second-order valence-electron chi connectivity index (χ2n) is 7.38. The van der Waals surface area contributed by atoms with Gasteiger partial charge < -0.3 is 29.0 Å². The van der Waals surface area contributed by atoms with Crippen molar-refractivity contribution >= 4 is 11.7 Å². The molecule has 170 valence electrons. The molecule has 0 fully saturated rings. The normalized spacial score (nSPS) is 15.8. The quantitative estimate of drug-likeness (QED) is 0.497. The summed E-state index contributed by atoms with van der Waals surface area (Å²) in [4.78, 5) is 27.8. The first-order chi connectivity index (χ1) is 16.0. The molecule has 1 aliphatic heterocycles. The van der Waals surface area contributed by atoms with Crippen LogP contribution < -0.4 is 9.47 Å². The summed E-state index contributed by atoms with van der Waals surface area (Å²) < 4.78 is 16.1. The highest BCUT2D eigenvalue weighted by atomic mass is 16.5. The number of ketones is 1. The zero-order valence-corrected chi connectivity index (χ0v) is 18.1. The Bertz CT molecular complexity index is 1210. The number of para-hydroxylation sites is 1. The second kappa shape index (κ2) is 9.12. The molecule has 1 amide bonds. The molecular formula is C25H23NO7. The molecule has 1 aliphatic rings. The third-order valence-corrected chi connectivity index (χ3v) is 5.43. The molecule has 33 heavy (non-hydrogen) atoms. The molecule has 3 aromatic rings. The number of amides is 1. The third kappa shape index (κ3) is 4.03. The summed E-state index contributed by atoms with van der Waals surface area (Å²) >= 11 is 0. The highest BCUT2D eigenvalue weighted by Gasteiger charge is 2.44. The van der Waals surface area contributed by atoms with Gasteiger partial charge in [-0.25, -0.2) is 0 Å². The van der Waals surface area contributed by atoms with E-state index < -0.39 is 23.5 Å². The standard InChI is InChI=1S/C25H23NO7/c1-3-32-20-13-15(10-11-17(20)27)22-21(23(28)19-9-6-12-33-19)24(29)25(30)26(22)14-16-7-4-5-8-18(16)31-2/h4-13,22,27,29H,3,14H2,1-2H3. The number of methoxy groups -OCH3 is 1. The maximum absolute atomic E-state index is 13.3. The number of aliphatic hydroxyl groups is 1. The number of furan rings is 1. The molecular weight excluding hydrogens is 426 g/mol. The van der Waals surface area contributed by atoms with Crippen molar-refractivity contribution in [3.8, 4) is 17.2 Å². The van der Waals surface area contributed by atoms with Gasteiger partial charge in [-0.15, -0.1) is 0 Å².